The molecule has 0 aliphatic heterocycles. The molecule has 0 fully saturated rings. The van der Waals surface area contributed by atoms with Crippen LogP contribution >= 0.6 is 15.9 Å². The number of hydrogen-bond acceptors (Lipinski definition) is 7. The van der Waals surface area contributed by atoms with Crippen molar-refractivity contribution in [2.45, 2.75) is 25.4 Å². The maximum absolute atomic E-state index is 12.1. The van der Waals surface area contributed by atoms with E-state index in [1.54, 1.807) is 6.92 Å². The summed E-state index contributed by atoms with van der Waals surface area (Å²) in [4.78, 5) is 23.3. The summed E-state index contributed by atoms with van der Waals surface area (Å²) in [7, 11) is 1.22. The van der Waals surface area contributed by atoms with Crippen molar-refractivity contribution in [2.24, 2.45) is 0 Å². The lowest BCUT2D eigenvalue weighted by atomic mass is 9.98. The van der Waals surface area contributed by atoms with Crippen LogP contribution in [0.3, 0.4) is 0 Å². The minimum absolute atomic E-state index is 0.154. The molecule has 9 heteroatoms. The largest absolute Gasteiger partial charge is 0.468 e. The molecular formula is C12H18BrN3O5. The first kappa shape index (κ1) is 17.6. The summed E-state index contributed by atoms with van der Waals surface area (Å²) in [5.41, 5.74) is -1.15. The van der Waals surface area contributed by atoms with Crippen molar-refractivity contribution in [3.63, 3.8) is 0 Å². The van der Waals surface area contributed by atoms with E-state index in [1.165, 1.54) is 13.3 Å². The summed E-state index contributed by atoms with van der Waals surface area (Å²) in [5, 5.41) is 25.6. The molecule has 0 radical (unpaired) electrons. The Labute approximate surface area is 129 Å². The van der Waals surface area contributed by atoms with Crippen molar-refractivity contribution in [1.82, 2.24) is 9.78 Å². The Morgan fingerprint density at radius 2 is 2.14 bits per heavy atom. The second-order valence-corrected chi connectivity index (χ2v) is 5.28. The Kier molecular flexibility index (Phi) is 6.31. The predicted octanol–water partition coefficient (Wildman–Crippen LogP) is -0.276. The Bertz CT molecular complexity index is 548. The number of rotatable bonds is 7. The number of hydrogen-bond donors (Lipinski definition) is 3. The van der Waals surface area contributed by atoms with Gasteiger partial charge < -0.3 is 20.3 Å². The molecule has 1 aromatic heterocycles. The number of anilines is 1. The van der Waals surface area contributed by atoms with Gasteiger partial charge in [0, 0.05) is 0 Å². The number of aliphatic hydroxyl groups is 2. The van der Waals surface area contributed by atoms with E-state index in [2.05, 4.69) is 31.1 Å². The Morgan fingerprint density at radius 1 is 1.52 bits per heavy atom. The molecule has 1 rings (SSSR count). The first-order chi connectivity index (χ1) is 9.92. The highest BCUT2D eigenvalue weighted by Gasteiger charge is 2.27. The number of carbonyl (C=O) groups is 1. The van der Waals surface area contributed by atoms with Gasteiger partial charge >= 0.3 is 5.97 Å². The highest BCUT2D eigenvalue weighted by atomic mass is 79.9. The van der Waals surface area contributed by atoms with Crippen LogP contribution in [0.25, 0.3) is 0 Å². The molecule has 8 nitrogen and oxygen atoms in total. The van der Waals surface area contributed by atoms with Crippen LogP contribution in [-0.4, -0.2) is 51.8 Å². The third kappa shape index (κ3) is 4.02. The second kappa shape index (κ2) is 7.53. The van der Waals surface area contributed by atoms with Gasteiger partial charge in [0.25, 0.3) is 5.56 Å². The number of carbonyl (C=O) groups excluding carboxylic acids is 1. The second-order valence-electron chi connectivity index (χ2n) is 4.49. The van der Waals surface area contributed by atoms with Crippen molar-refractivity contribution in [3.8, 4) is 0 Å². The van der Waals surface area contributed by atoms with Gasteiger partial charge in [0.05, 0.1) is 37.7 Å². The highest BCUT2D eigenvalue weighted by molar-refractivity contribution is 9.10. The van der Waals surface area contributed by atoms with Gasteiger partial charge in [-0.05, 0) is 22.4 Å². The minimum Gasteiger partial charge on any atom is -0.468 e. The number of nitrogens with one attached hydrogen (secondary N) is 1. The zero-order valence-corrected chi connectivity index (χ0v) is 13.4. The fourth-order valence-electron chi connectivity index (χ4n) is 1.58. The number of halogens is 1. The molecule has 0 aromatic carbocycles. The topological polar surface area (TPSA) is 114 Å². The molecule has 0 aliphatic carbocycles. The monoisotopic (exact) mass is 363 g/mol. The van der Waals surface area contributed by atoms with E-state index in [0.29, 0.717) is 12.1 Å². The molecule has 0 saturated heterocycles. The van der Waals surface area contributed by atoms with E-state index < -0.39 is 17.1 Å². The number of nitrogens with zero attached hydrogens (tertiary/aromatic N) is 2. The predicted molar refractivity (Wildman–Crippen MR) is 79.0 cm³/mol. The maximum Gasteiger partial charge on any atom is 0.327 e. The molecule has 0 bridgehead atoms. The van der Waals surface area contributed by atoms with E-state index in [9.17, 15) is 19.8 Å². The number of aliphatic hydroxyl groups excluding tert-OH is 2. The first-order valence-electron chi connectivity index (χ1n) is 6.25. The van der Waals surface area contributed by atoms with E-state index >= 15 is 0 Å². The van der Waals surface area contributed by atoms with Crippen molar-refractivity contribution in [1.29, 1.82) is 0 Å². The van der Waals surface area contributed by atoms with Gasteiger partial charge in [-0.25, -0.2) is 4.68 Å². The van der Waals surface area contributed by atoms with E-state index in [1.807, 2.05) is 0 Å². The smallest absolute Gasteiger partial charge is 0.327 e. The van der Waals surface area contributed by atoms with Crippen LogP contribution in [0.5, 0.6) is 0 Å². The summed E-state index contributed by atoms with van der Waals surface area (Å²) in [5.74, 6) is -0.592. The molecule has 3 N–H and O–H groups in total. The van der Waals surface area contributed by atoms with E-state index in [0.717, 1.165) is 4.68 Å². The quantitative estimate of drug-likeness (QED) is 0.571. The lowest BCUT2D eigenvalue weighted by Crippen LogP contribution is -2.45. The zero-order chi connectivity index (χ0) is 16.0. The molecule has 118 valence electrons. The summed E-state index contributed by atoms with van der Waals surface area (Å²) >= 11 is 3.13. The molecule has 0 amide bonds. The van der Waals surface area contributed by atoms with Crippen LogP contribution in [-0.2, 0) is 16.1 Å². The van der Waals surface area contributed by atoms with Gasteiger partial charge in [0.1, 0.15) is 11.0 Å². The van der Waals surface area contributed by atoms with Crippen molar-refractivity contribution < 1.29 is 19.7 Å². The summed E-state index contributed by atoms with van der Waals surface area (Å²) in [6.07, 6.45) is 1.78. The van der Waals surface area contributed by atoms with Crippen LogP contribution in [0.15, 0.2) is 15.5 Å². The lowest BCUT2D eigenvalue weighted by Gasteiger charge is -2.31. The summed E-state index contributed by atoms with van der Waals surface area (Å²) in [6, 6.07) is 0. The molecule has 0 unspecified atom stereocenters. The Balaban J connectivity index is 3.10. The maximum atomic E-state index is 12.1. The normalized spacial score (nSPS) is 11.3. The molecule has 0 spiro atoms. The standard InChI is InChI=1S/C12H18BrN3O5/c1-3-12(6-17,7-18)15-8-4-14-16(5-9(19)21-2)11(20)10(8)13/h4,15,17-18H,3,5-7H2,1-2H3. The molecule has 1 aromatic rings. The average Bonchev–Trinajstić information content (AvgIpc) is 2.51. The van der Waals surface area contributed by atoms with Crippen molar-refractivity contribution >= 4 is 27.6 Å². The molecule has 0 saturated carbocycles. The van der Waals surface area contributed by atoms with Crippen LogP contribution in [0, 0.1) is 0 Å². The fraction of sp³-hybridized carbons (Fsp3) is 0.583. The van der Waals surface area contributed by atoms with Crippen LogP contribution < -0.4 is 10.9 Å². The number of ether oxygens (including phenoxy) is 1. The van der Waals surface area contributed by atoms with Gasteiger partial charge in [-0.2, -0.15) is 5.10 Å². The average molecular weight is 364 g/mol. The number of esters is 1. The van der Waals surface area contributed by atoms with Gasteiger partial charge in [0.2, 0.25) is 0 Å². The fourth-order valence-corrected chi connectivity index (χ4v) is 1.98. The number of methoxy groups -OCH3 is 1. The van der Waals surface area contributed by atoms with Gasteiger partial charge in [-0.1, -0.05) is 6.92 Å². The van der Waals surface area contributed by atoms with Gasteiger partial charge in [0.15, 0.2) is 0 Å². The Morgan fingerprint density at radius 3 is 2.62 bits per heavy atom. The summed E-state index contributed by atoms with van der Waals surface area (Å²) in [6.45, 7) is 0.877. The van der Waals surface area contributed by atoms with Crippen LogP contribution in [0.4, 0.5) is 5.69 Å². The van der Waals surface area contributed by atoms with E-state index in [4.69, 9.17) is 0 Å². The molecule has 0 atom stereocenters. The summed E-state index contributed by atoms with van der Waals surface area (Å²) < 4.78 is 5.58. The van der Waals surface area contributed by atoms with Gasteiger partial charge in [-0.3, -0.25) is 9.59 Å². The molecule has 21 heavy (non-hydrogen) atoms. The van der Waals surface area contributed by atoms with E-state index in [-0.39, 0.29) is 24.2 Å². The van der Waals surface area contributed by atoms with Crippen LogP contribution in [0.1, 0.15) is 13.3 Å². The van der Waals surface area contributed by atoms with Crippen molar-refractivity contribution in [3.05, 3.63) is 21.0 Å². The minimum atomic E-state index is -0.953. The third-order valence-corrected chi connectivity index (χ3v) is 3.94. The number of aromatic nitrogens is 2. The zero-order valence-electron chi connectivity index (χ0n) is 11.8. The SMILES string of the molecule is CCC(CO)(CO)Nc1cnn(CC(=O)OC)c(=O)c1Br. The molecule has 1 heterocycles. The van der Waals surface area contributed by atoms with Gasteiger partial charge in [-0.15, -0.1) is 0 Å². The Hall–Kier alpha value is -1.45. The lowest BCUT2D eigenvalue weighted by molar-refractivity contribution is -0.141. The van der Waals surface area contributed by atoms with Crippen molar-refractivity contribution in [2.75, 3.05) is 25.6 Å². The molecular weight excluding hydrogens is 346 g/mol. The first-order valence-corrected chi connectivity index (χ1v) is 7.04. The highest BCUT2D eigenvalue weighted by Crippen LogP contribution is 2.22. The molecule has 0 aliphatic rings. The van der Waals surface area contributed by atoms with Crippen LogP contribution in [0.2, 0.25) is 0 Å². The third-order valence-electron chi connectivity index (χ3n) is 3.17.